The normalized spacial score (nSPS) is 24.8. The number of carbonyl (C=O) groups is 1. The molecule has 32 heavy (non-hydrogen) atoms. The van der Waals surface area contributed by atoms with Gasteiger partial charge < -0.3 is 24.6 Å². The third-order valence-electron chi connectivity index (χ3n) is 5.74. The number of aromatic nitrogens is 3. The maximum atomic E-state index is 12.4. The molecule has 0 radical (unpaired) electrons. The number of halogens is 2. The van der Waals surface area contributed by atoms with Crippen LogP contribution in [-0.4, -0.2) is 59.4 Å². The van der Waals surface area contributed by atoms with E-state index in [9.17, 15) is 13.6 Å². The molecule has 4 rings (SSSR count). The third-order valence-corrected chi connectivity index (χ3v) is 5.74. The molecule has 2 aromatic heterocycles. The van der Waals surface area contributed by atoms with Gasteiger partial charge in [0.15, 0.2) is 11.5 Å². The number of nitrogens with zero attached hydrogens (tertiary/aromatic N) is 5. The van der Waals surface area contributed by atoms with Gasteiger partial charge in [-0.25, -0.2) is 9.97 Å². The predicted octanol–water partition coefficient (Wildman–Crippen LogP) is 1.89. The lowest BCUT2D eigenvalue weighted by atomic mass is 9.83. The van der Waals surface area contributed by atoms with Crippen molar-refractivity contribution in [2.75, 3.05) is 29.2 Å². The molecule has 1 aliphatic carbocycles. The number of amides is 1. The first-order valence-electron chi connectivity index (χ1n) is 10.1. The fourth-order valence-corrected chi connectivity index (χ4v) is 3.96. The third kappa shape index (κ3) is 4.09. The first kappa shape index (κ1) is 21.9. The maximum Gasteiger partial charge on any atom is 0.388 e. The Labute approximate surface area is 183 Å². The molecule has 1 aliphatic heterocycles. The second-order valence-electron chi connectivity index (χ2n) is 8.12. The van der Waals surface area contributed by atoms with Gasteiger partial charge in [-0.1, -0.05) is 0 Å². The van der Waals surface area contributed by atoms with Gasteiger partial charge in [0.05, 0.1) is 11.9 Å². The Bertz CT molecular complexity index is 1010. The standard InChI is InChI=1S/C20H25F2N7O3/c1-10-15-16(28(3)11(2)17(30)29(15)4)27-19(25-10)26-12-7-20(23,8-12)32-13-5-6-14(24-9-13)31-18(21)22/h5-6,9,11-12,18H,7-8,23H2,1-4H3,(H,25,26,27)/t11-,12?,20?/m0/s1. The molecule has 2 aliphatic rings. The van der Waals surface area contributed by atoms with E-state index in [0.29, 0.717) is 41.7 Å². The summed E-state index contributed by atoms with van der Waals surface area (Å²) in [6.45, 7) is 0.733. The highest BCUT2D eigenvalue weighted by molar-refractivity contribution is 6.04. The molecule has 1 amide bonds. The minimum absolute atomic E-state index is 0.0141. The number of alkyl halides is 2. The number of rotatable bonds is 6. The summed E-state index contributed by atoms with van der Waals surface area (Å²) in [6, 6.07) is 2.43. The number of carbonyl (C=O) groups excluding carboxylic acids is 1. The van der Waals surface area contributed by atoms with Crippen LogP contribution in [-0.2, 0) is 4.79 Å². The maximum absolute atomic E-state index is 12.4. The lowest BCUT2D eigenvalue weighted by molar-refractivity contribution is -0.119. The van der Waals surface area contributed by atoms with Crippen LogP contribution in [0.3, 0.4) is 0 Å². The molecule has 10 nitrogen and oxygen atoms in total. The number of likely N-dealkylation sites (N-methyl/N-ethyl adjacent to an activating group) is 2. The van der Waals surface area contributed by atoms with Crippen LogP contribution >= 0.6 is 0 Å². The molecule has 2 aromatic rings. The number of pyridine rings is 1. The van der Waals surface area contributed by atoms with Crippen LogP contribution in [0.5, 0.6) is 11.6 Å². The number of hydrogen-bond donors (Lipinski definition) is 2. The summed E-state index contributed by atoms with van der Waals surface area (Å²) in [7, 11) is 3.56. The highest BCUT2D eigenvalue weighted by Crippen LogP contribution is 2.38. The molecule has 3 N–H and O–H groups in total. The number of aryl methyl sites for hydroxylation is 1. The van der Waals surface area contributed by atoms with Gasteiger partial charge in [-0.3, -0.25) is 10.5 Å². The zero-order chi connectivity index (χ0) is 23.2. The van der Waals surface area contributed by atoms with E-state index in [1.54, 1.807) is 11.9 Å². The van der Waals surface area contributed by atoms with Crippen molar-refractivity contribution in [3.8, 4) is 11.6 Å². The van der Waals surface area contributed by atoms with Gasteiger partial charge in [0, 0.05) is 39.0 Å². The van der Waals surface area contributed by atoms with E-state index in [-0.39, 0.29) is 23.9 Å². The molecule has 1 atom stereocenters. The van der Waals surface area contributed by atoms with E-state index in [1.165, 1.54) is 18.3 Å². The quantitative estimate of drug-likeness (QED) is 0.637. The van der Waals surface area contributed by atoms with Gasteiger partial charge in [-0.15, -0.1) is 0 Å². The molecule has 3 heterocycles. The van der Waals surface area contributed by atoms with Gasteiger partial charge in [0.1, 0.15) is 17.5 Å². The van der Waals surface area contributed by atoms with E-state index < -0.39 is 12.3 Å². The molecule has 0 saturated heterocycles. The van der Waals surface area contributed by atoms with Crippen molar-refractivity contribution in [3.63, 3.8) is 0 Å². The number of anilines is 3. The molecule has 172 valence electrons. The minimum Gasteiger partial charge on any atom is -0.471 e. The van der Waals surface area contributed by atoms with Crippen LogP contribution in [0, 0.1) is 6.92 Å². The smallest absolute Gasteiger partial charge is 0.388 e. The van der Waals surface area contributed by atoms with Crippen LogP contribution in [0.15, 0.2) is 18.3 Å². The Hall–Kier alpha value is -3.28. The van der Waals surface area contributed by atoms with E-state index in [0.717, 1.165) is 0 Å². The molecule has 1 saturated carbocycles. The summed E-state index contributed by atoms with van der Waals surface area (Å²) in [5.74, 6) is 1.28. The Morgan fingerprint density at radius 1 is 1.28 bits per heavy atom. The highest BCUT2D eigenvalue weighted by atomic mass is 19.3. The summed E-state index contributed by atoms with van der Waals surface area (Å²) < 4.78 is 34.4. The first-order valence-corrected chi connectivity index (χ1v) is 10.1. The van der Waals surface area contributed by atoms with Crippen LogP contribution in [0.1, 0.15) is 25.5 Å². The average molecular weight is 449 g/mol. The molecule has 0 aromatic carbocycles. The van der Waals surface area contributed by atoms with Crippen LogP contribution in [0.25, 0.3) is 0 Å². The SMILES string of the molecule is Cc1nc(NC2CC(N)(Oc3ccc(OC(F)F)nc3)C2)nc2c1N(C)C(=O)[C@H](C)N2C. The number of nitrogens with two attached hydrogens (primary N) is 1. The molecule has 0 bridgehead atoms. The van der Waals surface area contributed by atoms with E-state index in [1.807, 2.05) is 25.8 Å². The summed E-state index contributed by atoms with van der Waals surface area (Å²) in [6.07, 6.45) is 2.25. The molecule has 1 fully saturated rings. The monoisotopic (exact) mass is 449 g/mol. The fraction of sp³-hybridized carbons (Fsp3) is 0.500. The highest BCUT2D eigenvalue weighted by Gasteiger charge is 2.44. The number of hydrogen-bond acceptors (Lipinski definition) is 9. The second kappa shape index (κ2) is 8.01. The van der Waals surface area contributed by atoms with Crippen molar-refractivity contribution >= 4 is 23.4 Å². The average Bonchev–Trinajstić information content (AvgIpc) is 2.70. The van der Waals surface area contributed by atoms with Crippen molar-refractivity contribution in [2.45, 2.75) is 51.1 Å². The van der Waals surface area contributed by atoms with Gasteiger partial charge >= 0.3 is 6.61 Å². The Kier molecular flexibility index (Phi) is 5.49. The summed E-state index contributed by atoms with van der Waals surface area (Å²) in [4.78, 5) is 28.7. The predicted molar refractivity (Wildman–Crippen MR) is 113 cm³/mol. The number of fused-ring (bicyclic) bond motifs is 1. The number of nitrogens with one attached hydrogen (secondary N) is 1. The van der Waals surface area contributed by atoms with E-state index >= 15 is 0 Å². The van der Waals surface area contributed by atoms with Gasteiger partial charge in [-0.05, 0) is 19.9 Å². The van der Waals surface area contributed by atoms with Crippen molar-refractivity contribution in [1.29, 1.82) is 0 Å². The van der Waals surface area contributed by atoms with Crippen LogP contribution in [0.4, 0.5) is 26.2 Å². The fourth-order valence-electron chi connectivity index (χ4n) is 3.96. The zero-order valence-corrected chi connectivity index (χ0v) is 18.2. The number of ether oxygens (including phenoxy) is 2. The van der Waals surface area contributed by atoms with E-state index in [2.05, 4.69) is 25.0 Å². The lowest BCUT2D eigenvalue weighted by Gasteiger charge is -2.44. The van der Waals surface area contributed by atoms with Crippen molar-refractivity contribution < 1.29 is 23.0 Å². The van der Waals surface area contributed by atoms with E-state index in [4.69, 9.17) is 10.5 Å². The lowest BCUT2D eigenvalue weighted by Crippen LogP contribution is -2.61. The Balaban J connectivity index is 1.40. The minimum atomic E-state index is -2.94. The zero-order valence-electron chi connectivity index (χ0n) is 18.2. The van der Waals surface area contributed by atoms with Gasteiger partial charge in [-0.2, -0.15) is 13.8 Å². The first-order chi connectivity index (χ1) is 15.1. The van der Waals surface area contributed by atoms with Crippen molar-refractivity contribution in [3.05, 3.63) is 24.0 Å². The Morgan fingerprint density at radius 2 is 2.00 bits per heavy atom. The summed E-state index contributed by atoms with van der Waals surface area (Å²) in [5.41, 5.74) is 6.74. The van der Waals surface area contributed by atoms with Gasteiger partial charge in [0.2, 0.25) is 17.7 Å². The van der Waals surface area contributed by atoms with Gasteiger partial charge in [0.25, 0.3) is 0 Å². The largest absolute Gasteiger partial charge is 0.471 e. The topological polar surface area (TPSA) is 119 Å². The molecule has 12 heteroatoms. The summed E-state index contributed by atoms with van der Waals surface area (Å²) >= 11 is 0. The van der Waals surface area contributed by atoms with Crippen LogP contribution < -0.4 is 30.3 Å². The molecular weight excluding hydrogens is 424 g/mol. The molecule has 0 unspecified atom stereocenters. The second-order valence-corrected chi connectivity index (χ2v) is 8.12. The Morgan fingerprint density at radius 3 is 2.62 bits per heavy atom. The molecular formula is C20H25F2N7O3. The van der Waals surface area contributed by atoms with Crippen LogP contribution in [0.2, 0.25) is 0 Å². The molecule has 0 spiro atoms. The summed E-state index contributed by atoms with van der Waals surface area (Å²) in [5, 5.41) is 3.27. The van der Waals surface area contributed by atoms with Crippen molar-refractivity contribution in [2.24, 2.45) is 5.73 Å². The van der Waals surface area contributed by atoms with Crippen molar-refractivity contribution in [1.82, 2.24) is 15.0 Å².